The maximum atomic E-state index is 13.0. The lowest BCUT2D eigenvalue weighted by atomic mass is 10.3. The number of nitrogens with one attached hydrogen (secondary N) is 1. The molecule has 0 fully saturated rings. The van der Waals surface area contributed by atoms with E-state index in [0.29, 0.717) is 22.3 Å². The Hall–Kier alpha value is -2.33. The van der Waals surface area contributed by atoms with Crippen molar-refractivity contribution in [3.63, 3.8) is 0 Å². The van der Waals surface area contributed by atoms with Crippen LogP contribution in [0.1, 0.15) is 10.4 Å². The van der Waals surface area contributed by atoms with Crippen molar-refractivity contribution >= 4 is 43.6 Å². The van der Waals surface area contributed by atoms with Gasteiger partial charge in [0.2, 0.25) is 5.91 Å². The third-order valence-corrected chi connectivity index (χ3v) is 8.53. The first-order valence-electron chi connectivity index (χ1n) is 8.04. The van der Waals surface area contributed by atoms with Gasteiger partial charge in [0, 0.05) is 24.2 Å². The molecular weight excluding hydrogens is 402 g/mol. The Morgan fingerprint density at radius 1 is 1.22 bits per heavy atom. The molecule has 0 bridgehead atoms. The van der Waals surface area contributed by atoms with E-state index in [4.69, 9.17) is 0 Å². The van der Waals surface area contributed by atoms with Gasteiger partial charge in [0.05, 0.1) is 15.6 Å². The SMILES string of the molecule is C=CC(=O)Nc1cc2c(s1)CN(S(=O)(=O)c1ccc(-c3ccccn3)s1)C2. The van der Waals surface area contributed by atoms with Gasteiger partial charge in [0.25, 0.3) is 10.0 Å². The zero-order chi connectivity index (χ0) is 19.0. The van der Waals surface area contributed by atoms with Crippen LogP contribution in [0.25, 0.3) is 10.6 Å². The smallest absolute Gasteiger partial charge is 0.253 e. The molecule has 0 radical (unpaired) electrons. The lowest BCUT2D eigenvalue weighted by molar-refractivity contribution is -0.111. The fourth-order valence-electron chi connectivity index (χ4n) is 2.78. The highest BCUT2D eigenvalue weighted by Gasteiger charge is 2.33. The van der Waals surface area contributed by atoms with Crippen LogP contribution in [0.2, 0.25) is 0 Å². The molecule has 0 saturated carbocycles. The van der Waals surface area contributed by atoms with E-state index in [1.54, 1.807) is 18.3 Å². The molecule has 4 heterocycles. The average molecular weight is 418 g/mol. The minimum Gasteiger partial charge on any atom is -0.314 e. The number of fused-ring (bicyclic) bond motifs is 1. The fourth-order valence-corrected chi connectivity index (χ4v) is 6.77. The van der Waals surface area contributed by atoms with Gasteiger partial charge in [-0.2, -0.15) is 4.31 Å². The van der Waals surface area contributed by atoms with Crippen LogP contribution in [-0.4, -0.2) is 23.6 Å². The molecule has 1 aliphatic rings. The molecule has 1 aliphatic heterocycles. The Balaban J connectivity index is 1.53. The molecule has 3 aromatic rings. The Bertz CT molecular complexity index is 1090. The molecule has 27 heavy (non-hydrogen) atoms. The third-order valence-electron chi connectivity index (χ3n) is 4.09. The number of nitrogens with zero attached hydrogens (tertiary/aromatic N) is 2. The second-order valence-corrected chi connectivity index (χ2v) is 10.2. The number of anilines is 1. The van der Waals surface area contributed by atoms with Crippen molar-refractivity contribution in [1.82, 2.24) is 9.29 Å². The summed E-state index contributed by atoms with van der Waals surface area (Å²) in [4.78, 5) is 17.4. The zero-order valence-corrected chi connectivity index (χ0v) is 16.5. The topological polar surface area (TPSA) is 79.4 Å². The summed E-state index contributed by atoms with van der Waals surface area (Å²) in [6.45, 7) is 4.03. The standard InChI is InChI=1S/C18H15N3O3S3/c1-2-16(22)20-17-9-12-10-21(11-15(12)25-17)27(23,24)18-7-6-14(26-18)13-5-3-4-8-19-13/h2-9H,1,10-11H2,(H,20,22). The lowest BCUT2D eigenvalue weighted by Crippen LogP contribution is -2.25. The Kier molecular flexibility index (Phi) is 4.68. The number of aromatic nitrogens is 1. The predicted octanol–water partition coefficient (Wildman–Crippen LogP) is 3.70. The van der Waals surface area contributed by atoms with Crippen LogP contribution in [0.15, 0.2) is 59.5 Å². The third kappa shape index (κ3) is 3.46. The van der Waals surface area contributed by atoms with Gasteiger partial charge in [0.15, 0.2) is 0 Å². The first-order valence-corrected chi connectivity index (χ1v) is 11.1. The molecule has 9 heteroatoms. The molecule has 3 aromatic heterocycles. The Labute approximate surface area is 164 Å². The highest BCUT2D eigenvalue weighted by atomic mass is 32.2. The monoisotopic (exact) mass is 417 g/mol. The van der Waals surface area contributed by atoms with Crippen molar-refractivity contribution in [3.05, 3.63) is 65.7 Å². The summed E-state index contributed by atoms with van der Waals surface area (Å²) in [5.74, 6) is -0.278. The molecule has 6 nitrogen and oxygen atoms in total. The maximum absolute atomic E-state index is 13.0. The number of carbonyl (C=O) groups is 1. The van der Waals surface area contributed by atoms with Crippen LogP contribution in [0, 0.1) is 0 Å². The minimum atomic E-state index is -3.58. The van der Waals surface area contributed by atoms with Crippen molar-refractivity contribution in [3.8, 4) is 10.6 Å². The quantitative estimate of drug-likeness (QED) is 0.642. The summed E-state index contributed by atoms with van der Waals surface area (Å²) in [5, 5.41) is 3.42. The van der Waals surface area contributed by atoms with E-state index < -0.39 is 10.0 Å². The molecule has 0 atom stereocenters. The van der Waals surface area contributed by atoms with E-state index in [1.165, 1.54) is 33.1 Å². The molecule has 138 valence electrons. The highest BCUT2D eigenvalue weighted by molar-refractivity contribution is 7.91. The van der Waals surface area contributed by atoms with Crippen LogP contribution >= 0.6 is 22.7 Å². The van der Waals surface area contributed by atoms with Crippen molar-refractivity contribution < 1.29 is 13.2 Å². The van der Waals surface area contributed by atoms with Crippen LogP contribution < -0.4 is 5.32 Å². The van der Waals surface area contributed by atoms with Gasteiger partial charge in [-0.15, -0.1) is 22.7 Å². The summed E-state index contributed by atoms with van der Waals surface area (Å²) < 4.78 is 27.7. The summed E-state index contributed by atoms with van der Waals surface area (Å²) in [6.07, 6.45) is 2.89. The first kappa shape index (κ1) is 18.1. The van der Waals surface area contributed by atoms with Crippen molar-refractivity contribution in [2.24, 2.45) is 0 Å². The van der Waals surface area contributed by atoms with Gasteiger partial charge in [-0.25, -0.2) is 8.42 Å². The van der Waals surface area contributed by atoms with Crippen molar-refractivity contribution in [2.45, 2.75) is 17.3 Å². The van der Waals surface area contributed by atoms with Gasteiger partial charge >= 0.3 is 0 Å². The van der Waals surface area contributed by atoms with E-state index in [1.807, 2.05) is 24.3 Å². The number of hydrogen-bond acceptors (Lipinski definition) is 6. The number of rotatable bonds is 5. The molecule has 1 N–H and O–H groups in total. The van der Waals surface area contributed by atoms with Crippen molar-refractivity contribution in [2.75, 3.05) is 5.32 Å². The zero-order valence-electron chi connectivity index (χ0n) is 14.1. The lowest BCUT2D eigenvalue weighted by Gasteiger charge is -2.14. The van der Waals surface area contributed by atoms with E-state index in [-0.39, 0.29) is 5.91 Å². The molecule has 1 amide bonds. The minimum absolute atomic E-state index is 0.278. The van der Waals surface area contributed by atoms with E-state index in [0.717, 1.165) is 21.0 Å². The van der Waals surface area contributed by atoms with Crippen LogP contribution in [0.3, 0.4) is 0 Å². The number of carbonyl (C=O) groups excluding carboxylic acids is 1. The second kappa shape index (κ2) is 7.01. The van der Waals surface area contributed by atoms with Crippen LogP contribution in [0.5, 0.6) is 0 Å². The van der Waals surface area contributed by atoms with E-state index in [2.05, 4.69) is 16.9 Å². The maximum Gasteiger partial charge on any atom is 0.253 e. The molecular formula is C18H15N3O3S3. The number of sulfonamides is 1. The summed E-state index contributed by atoms with van der Waals surface area (Å²) in [6, 6.07) is 10.8. The number of pyridine rings is 1. The van der Waals surface area contributed by atoms with E-state index >= 15 is 0 Å². The number of amides is 1. The summed E-state index contributed by atoms with van der Waals surface area (Å²) in [7, 11) is -3.58. The van der Waals surface area contributed by atoms with Gasteiger partial charge < -0.3 is 5.32 Å². The number of thiophene rings is 2. The molecule has 0 saturated heterocycles. The molecule has 0 aromatic carbocycles. The van der Waals surface area contributed by atoms with Crippen molar-refractivity contribution in [1.29, 1.82) is 0 Å². The van der Waals surface area contributed by atoms with Gasteiger partial charge in [0.1, 0.15) is 4.21 Å². The summed E-state index contributed by atoms with van der Waals surface area (Å²) >= 11 is 2.61. The Morgan fingerprint density at radius 2 is 2.07 bits per heavy atom. The van der Waals surface area contributed by atoms with E-state index in [9.17, 15) is 13.2 Å². The molecule has 0 unspecified atom stereocenters. The van der Waals surface area contributed by atoms with Crippen LogP contribution in [0.4, 0.5) is 5.00 Å². The largest absolute Gasteiger partial charge is 0.314 e. The molecule has 0 aliphatic carbocycles. The van der Waals surface area contributed by atoms with Gasteiger partial charge in [-0.3, -0.25) is 9.78 Å². The van der Waals surface area contributed by atoms with Crippen LogP contribution in [-0.2, 0) is 27.9 Å². The first-order chi connectivity index (χ1) is 13.0. The normalized spacial score (nSPS) is 14.1. The second-order valence-electron chi connectivity index (χ2n) is 5.86. The fraction of sp³-hybridized carbons (Fsp3) is 0.111. The average Bonchev–Trinajstić information content (AvgIpc) is 3.37. The number of hydrogen-bond donors (Lipinski definition) is 1. The molecule has 4 rings (SSSR count). The summed E-state index contributed by atoms with van der Waals surface area (Å²) in [5.41, 5.74) is 1.68. The van der Waals surface area contributed by atoms with Gasteiger partial charge in [-0.1, -0.05) is 12.6 Å². The predicted molar refractivity (Wildman–Crippen MR) is 107 cm³/mol. The molecule has 0 spiro atoms. The van der Waals surface area contributed by atoms with Gasteiger partial charge in [-0.05, 0) is 42.0 Å². The Morgan fingerprint density at radius 3 is 2.78 bits per heavy atom. The highest BCUT2D eigenvalue weighted by Crippen LogP contribution is 2.38.